The van der Waals surface area contributed by atoms with Crippen LogP contribution >= 0.6 is 24.4 Å². The van der Waals surface area contributed by atoms with Gasteiger partial charge < -0.3 is 48.7 Å². The van der Waals surface area contributed by atoms with Gasteiger partial charge in [-0.1, -0.05) is 0 Å². The lowest BCUT2D eigenvalue weighted by Crippen LogP contribution is -2.60. The summed E-state index contributed by atoms with van der Waals surface area (Å²) in [6.45, 7) is -0.943. The number of thiol groups is 1. The van der Waals surface area contributed by atoms with Gasteiger partial charge in [0.2, 0.25) is 35.4 Å². The molecule has 5 atom stereocenters. The third-order valence-corrected chi connectivity index (χ3v) is 5.94. The van der Waals surface area contributed by atoms with Crippen molar-refractivity contribution in [3.05, 3.63) is 0 Å². The van der Waals surface area contributed by atoms with Crippen LogP contribution in [0.1, 0.15) is 25.7 Å². The number of carbonyl (C=O) groups is 7. The number of nitrogens with one attached hydrogen (secondary N) is 4. The maximum atomic E-state index is 12.7. The van der Waals surface area contributed by atoms with Crippen LogP contribution in [0.3, 0.4) is 0 Å². The Hall–Kier alpha value is -3.09. The number of rotatable bonds is 19. The molecule has 216 valence electrons. The van der Waals surface area contributed by atoms with Gasteiger partial charge in [-0.2, -0.15) is 24.4 Å². The van der Waals surface area contributed by atoms with Crippen molar-refractivity contribution in [2.45, 2.75) is 55.9 Å². The lowest BCUT2D eigenvalue weighted by Gasteiger charge is -2.24. The second-order valence-electron chi connectivity index (χ2n) is 8.01. The van der Waals surface area contributed by atoms with Gasteiger partial charge in [0, 0.05) is 12.2 Å². The van der Waals surface area contributed by atoms with Gasteiger partial charge in [0.25, 0.3) is 0 Å². The Morgan fingerprint density at radius 3 is 1.76 bits per heavy atom. The zero-order valence-electron chi connectivity index (χ0n) is 20.7. The van der Waals surface area contributed by atoms with Crippen LogP contribution in [-0.2, 0) is 33.6 Å². The van der Waals surface area contributed by atoms with E-state index in [-0.39, 0.29) is 18.6 Å². The zero-order chi connectivity index (χ0) is 29.4. The molecule has 16 nitrogen and oxygen atoms in total. The Balaban J connectivity index is 5.35. The van der Waals surface area contributed by atoms with E-state index in [1.54, 1.807) is 0 Å². The number of thioether (sulfide) groups is 1. The van der Waals surface area contributed by atoms with Gasteiger partial charge in [0.1, 0.15) is 24.2 Å². The molecule has 0 aromatic heterocycles. The van der Waals surface area contributed by atoms with Gasteiger partial charge in [-0.3, -0.25) is 28.8 Å². The summed E-state index contributed by atoms with van der Waals surface area (Å²) in [7, 11) is 0. The maximum absolute atomic E-state index is 12.7. The van der Waals surface area contributed by atoms with Crippen molar-refractivity contribution in [1.82, 2.24) is 21.3 Å². The van der Waals surface area contributed by atoms with E-state index in [1.165, 1.54) is 11.8 Å². The number of carbonyl (C=O) groups excluding carboxylic acids is 6. The number of hydrogen-bond acceptors (Lipinski definition) is 11. The first-order valence-electron chi connectivity index (χ1n) is 11.2. The Morgan fingerprint density at radius 2 is 1.29 bits per heavy atom. The smallest absolute Gasteiger partial charge is 0.326 e. The fraction of sp³-hybridized carbons (Fsp3) is 0.650. The minimum absolute atomic E-state index is 0.301. The van der Waals surface area contributed by atoms with Crippen LogP contribution in [0.4, 0.5) is 0 Å². The largest absolute Gasteiger partial charge is 0.480 e. The number of aliphatic hydroxyl groups excluding tert-OH is 1. The molecule has 0 saturated heterocycles. The van der Waals surface area contributed by atoms with Crippen molar-refractivity contribution < 1.29 is 43.8 Å². The van der Waals surface area contributed by atoms with Crippen LogP contribution in [0.5, 0.6) is 0 Å². The summed E-state index contributed by atoms with van der Waals surface area (Å²) in [4.78, 5) is 83.8. The molecule has 38 heavy (non-hydrogen) atoms. The number of aliphatic hydroxyl groups is 1. The first-order chi connectivity index (χ1) is 17.8. The lowest BCUT2D eigenvalue weighted by atomic mass is 10.1. The molecule has 0 rings (SSSR count). The highest BCUT2D eigenvalue weighted by molar-refractivity contribution is 7.98. The predicted molar refractivity (Wildman–Crippen MR) is 140 cm³/mol. The average Bonchev–Trinajstić information content (AvgIpc) is 2.84. The molecule has 0 heterocycles. The SMILES string of the molecule is CSCC[C@H](N)C(=O)N[C@@H](CC(N)=O)C(=O)N[C@@H](CS)C(=O)N[C@@H](CO)C(=O)N[C@@H](CCC(N)=O)C(=O)O. The molecule has 0 unspecified atom stereocenters. The fourth-order valence-electron chi connectivity index (χ4n) is 2.81. The van der Waals surface area contributed by atoms with Crippen molar-refractivity contribution in [2.75, 3.05) is 24.4 Å². The minimum Gasteiger partial charge on any atom is -0.480 e. The standard InChI is InChI=1S/C20H35N7O9S2/c1-38-5-4-9(21)16(31)25-11(6-15(23)30)17(32)27-13(8-37)19(34)26-12(7-28)18(33)24-10(20(35)36)2-3-14(22)29/h9-13,28,37H,2-8,21H2,1H3,(H2,22,29)(H2,23,30)(H,24,33)(H,25,31)(H,26,34)(H,27,32)(H,35,36)/t9-,10-,11-,12-,13-/m0/s1. The first kappa shape index (κ1) is 34.9. The molecule has 0 fully saturated rings. The van der Waals surface area contributed by atoms with Crippen LogP contribution in [0.15, 0.2) is 0 Å². The molecular weight excluding hydrogens is 546 g/mol. The summed E-state index contributed by atoms with van der Waals surface area (Å²) < 4.78 is 0. The summed E-state index contributed by atoms with van der Waals surface area (Å²) in [5.74, 6) is -6.68. The molecule has 6 amide bonds. The van der Waals surface area contributed by atoms with Gasteiger partial charge >= 0.3 is 5.97 Å². The van der Waals surface area contributed by atoms with Gasteiger partial charge in [0.05, 0.1) is 19.1 Å². The van der Waals surface area contributed by atoms with E-state index < -0.39 is 84.6 Å². The Kier molecular flexibility index (Phi) is 16.7. The molecule has 0 saturated carbocycles. The predicted octanol–water partition coefficient (Wildman–Crippen LogP) is -4.85. The number of primary amides is 2. The molecule has 0 bridgehead atoms. The lowest BCUT2D eigenvalue weighted by molar-refractivity contribution is -0.143. The highest BCUT2D eigenvalue weighted by Crippen LogP contribution is 2.03. The molecular formula is C20H35N7O9S2. The Labute approximate surface area is 228 Å². The molecule has 0 aromatic carbocycles. The average molecular weight is 582 g/mol. The summed E-state index contributed by atoms with van der Waals surface area (Å²) in [5.41, 5.74) is 15.9. The number of nitrogens with two attached hydrogens (primary N) is 3. The van der Waals surface area contributed by atoms with Crippen molar-refractivity contribution in [3.8, 4) is 0 Å². The Bertz CT molecular complexity index is 878. The molecule has 0 aliphatic carbocycles. The van der Waals surface area contributed by atoms with Crippen molar-refractivity contribution >= 4 is 65.8 Å². The van der Waals surface area contributed by atoms with Crippen molar-refractivity contribution in [3.63, 3.8) is 0 Å². The third-order valence-electron chi connectivity index (χ3n) is 4.93. The number of carboxylic acids is 1. The monoisotopic (exact) mass is 581 g/mol. The van der Waals surface area contributed by atoms with Crippen molar-refractivity contribution in [2.24, 2.45) is 17.2 Å². The highest BCUT2D eigenvalue weighted by atomic mass is 32.2. The molecule has 0 spiro atoms. The zero-order valence-corrected chi connectivity index (χ0v) is 22.4. The van der Waals surface area contributed by atoms with Crippen LogP contribution in [0.2, 0.25) is 0 Å². The van der Waals surface area contributed by atoms with Gasteiger partial charge in [-0.05, 0) is 24.9 Å². The summed E-state index contributed by atoms with van der Waals surface area (Å²) >= 11 is 5.43. The summed E-state index contributed by atoms with van der Waals surface area (Å²) in [5, 5.41) is 27.5. The molecule has 0 radical (unpaired) electrons. The second kappa shape index (κ2) is 18.2. The molecule has 0 aliphatic rings. The van der Waals surface area contributed by atoms with Crippen molar-refractivity contribution in [1.29, 1.82) is 0 Å². The first-order valence-corrected chi connectivity index (χ1v) is 13.3. The van der Waals surface area contributed by atoms with Crippen LogP contribution in [0.25, 0.3) is 0 Å². The van der Waals surface area contributed by atoms with Gasteiger partial charge in [-0.25, -0.2) is 4.79 Å². The van der Waals surface area contributed by atoms with E-state index in [2.05, 4.69) is 33.9 Å². The molecule has 12 N–H and O–H groups in total. The minimum atomic E-state index is -1.63. The maximum Gasteiger partial charge on any atom is 0.326 e. The van der Waals surface area contributed by atoms with Gasteiger partial charge in [-0.15, -0.1) is 0 Å². The van der Waals surface area contributed by atoms with E-state index in [0.29, 0.717) is 12.2 Å². The Morgan fingerprint density at radius 1 is 0.789 bits per heavy atom. The third kappa shape index (κ3) is 13.5. The number of aliphatic carboxylic acids is 1. The fourth-order valence-corrected chi connectivity index (χ4v) is 3.56. The number of amides is 6. The molecule has 0 aromatic rings. The highest BCUT2D eigenvalue weighted by Gasteiger charge is 2.31. The second-order valence-corrected chi connectivity index (χ2v) is 9.36. The van der Waals surface area contributed by atoms with Crippen LogP contribution in [0, 0.1) is 0 Å². The summed E-state index contributed by atoms with van der Waals surface area (Å²) in [6.07, 6.45) is 0.848. The summed E-state index contributed by atoms with van der Waals surface area (Å²) in [6, 6.07) is -6.99. The molecule has 18 heteroatoms. The van der Waals surface area contributed by atoms with Crippen LogP contribution in [-0.4, -0.2) is 106 Å². The topological polar surface area (TPSA) is 286 Å². The van der Waals surface area contributed by atoms with E-state index >= 15 is 0 Å². The quantitative estimate of drug-likeness (QED) is 0.0645. The van der Waals surface area contributed by atoms with Crippen LogP contribution < -0.4 is 38.5 Å². The van der Waals surface area contributed by atoms with E-state index in [4.69, 9.17) is 17.2 Å². The normalized spacial score (nSPS) is 14.6. The van der Waals surface area contributed by atoms with E-state index in [1.807, 2.05) is 6.26 Å². The van der Waals surface area contributed by atoms with Gasteiger partial charge in [0.15, 0.2) is 0 Å². The number of hydrogen-bond donors (Lipinski definition) is 10. The molecule has 0 aliphatic heterocycles. The van der Waals surface area contributed by atoms with E-state index in [9.17, 15) is 43.8 Å². The van der Waals surface area contributed by atoms with E-state index in [0.717, 1.165) is 0 Å². The number of carboxylic acid groups (broad SMARTS) is 1.